The Morgan fingerprint density at radius 1 is 1.17 bits per heavy atom. The van der Waals surface area contributed by atoms with Crippen LogP contribution < -0.4 is 16.0 Å². The minimum atomic E-state index is -0.518. The molecule has 23 heavy (non-hydrogen) atoms. The van der Waals surface area contributed by atoms with Crippen molar-refractivity contribution in [2.75, 3.05) is 18.4 Å². The molecule has 0 spiro atoms. The molecule has 0 radical (unpaired) electrons. The van der Waals surface area contributed by atoms with E-state index in [2.05, 4.69) is 16.0 Å². The van der Waals surface area contributed by atoms with Crippen molar-refractivity contribution in [3.05, 3.63) is 29.8 Å². The molecule has 6 nitrogen and oxygen atoms in total. The number of anilines is 1. The highest BCUT2D eigenvalue weighted by Gasteiger charge is 2.15. The molecule has 0 aliphatic carbocycles. The van der Waals surface area contributed by atoms with E-state index in [1.54, 1.807) is 39.0 Å². The number of carbonyl (C=O) groups is 2. The van der Waals surface area contributed by atoms with Gasteiger partial charge in [-0.15, -0.1) is 0 Å². The first-order chi connectivity index (χ1) is 10.7. The Morgan fingerprint density at radius 2 is 1.83 bits per heavy atom. The van der Waals surface area contributed by atoms with Crippen molar-refractivity contribution in [2.45, 2.75) is 33.3 Å². The summed E-state index contributed by atoms with van der Waals surface area (Å²) in [6.07, 6.45) is -0.465. The maximum Gasteiger partial charge on any atom is 0.407 e. The van der Waals surface area contributed by atoms with Crippen molar-refractivity contribution in [1.82, 2.24) is 10.6 Å². The minimum Gasteiger partial charge on any atom is -0.444 e. The van der Waals surface area contributed by atoms with Crippen LogP contribution in [0.25, 0.3) is 0 Å². The van der Waals surface area contributed by atoms with Gasteiger partial charge in [0.2, 0.25) is 0 Å². The molecule has 0 aliphatic heterocycles. The number of Topliss-reactive ketones (excluding diaryl/α,β-unsaturated/α-hetero) is 1. The zero-order valence-electron chi connectivity index (χ0n) is 13.9. The highest BCUT2D eigenvalue weighted by molar-refractivity contribution is 7.80. The number of amides is 1. The lowest BCUT2D eigenvalue weighted by atomic mass is 10.1. The lowest BCUT2D eigenvalue weighted by Crippen LogP contribution is -2.39. The summed E-state index contributed by atoms with van der Waals surface area (Å²) in [6.45, 7) is 7.76. The van der Waals surface area contributed by atoms with Gasteiger partial charge in [-0.2, -0.15) is 0 Å². The average molecular weight is 337 g/mol. The summed E-state index contributed by atoms with van der Waals surface area (Å²) in [5.41, 5.74) is 0.829. The Balaban J connectivity index is 2.31. The molecule has 0 heterocycles. The summed E-state index contributed by atoms with van der Waals surface area (Å²) in [6, 6.07) is 7.08. The molecule has 0 unspecified atom stereocenters. The third-order valence-electron chi connectivity index (χ3n) is 2.61. The van der Waals surface area contributed by atoms with Gasteiger partial charge in [-0.3, -0.25) is 4.79 Å². The highest BCUT2D eigenvalue weighted by Crippen LogP contribution is 2.11. The summed E-state index contributed by atoms with van der Waals surface area (Å²) in [5, 5.41) is 8.99. The van der Waals surface area contributed by atoms with Gasteiger partial charge < -0.3 is 20.7 Å². The lowest BCUT2D eigenvalue weighted by Gasteiger charge is -2.19. The van der Waals surface area contributed by atoms with E-state index in [0.717, 1.165) is 5.69 Å². The van der Waals surface area contributed by atoms with Crippen molar-refractivity contribution >= 4 is 34.9 Å². The second-order valence-corrected chi connectivity index (χ2v) is 6.35. The van der Waals surface area contributed by atoms with E-state index in [4.69, 9.17) is 17.0 Å². The first kappa shape index (κ1) is 18.9. The molecule has 126 valence electrons. The first-order valence-corrected chi connectivity index (χ1v) is 7.71. The van der Waals surface area contributed by atoms with Crippen LogP contribution in [0.15, 0.2) is 24.3 Å². The van der Waals surface area contributed by atoms with E-state index in [1.807, 2.05) is 6.07 Å². The van der Waals surface area contributed by atoms with Gasteiger partial charge >= 0.3 is 6.09 Å². The second kappa shape index (κ2) is 8.47. The molecule has 1 aromatic carbocycles. The quantitative estimate of drug-likeness (QED) is 0.435. The number of hydrogen-bond acceptors (Lipinski definition) is 4. The zero-order valence-corrected chi connectivity index (χ0v) is 14.7. The predicted molar refractivity (Wildman–Crippen MR) is 94.9 cm³/mol. The van der Waals surface area contributed by atoms with Crippen LogP contribution in [0.1, 0.15) is 38.1 Å². The molecule has 0 atom stereocenters. The normalized spacial score (nSPS) is 10.6. The largest absolute Gasteiger partial charge is 0.444 e. The number of benzene rings is 1. The number of alkyl carbamates (subject to hydrolysis) is 1. The van der Waals surface area contributed by atoms with E-state index in [0.29, 0.717) is 23.8 Å². The molecule has 0 aliphatic rings. The van der Waals surface area contributed by atoms with Gasteiger partial charge in [0.25, 0.3) is 0 Å². The molecule has 0 saturated carbocycles. The summed E-state index contributed by atoms with van der Waals surface area (Å²) < 4.78 is 5.12. The van der Waals surface area contributed by atoms with E-state index in [9.17, 15) is 9.59 Å². The van der Waals surface area contributed by atoms with E-state index >= 15 is 0 Å². The van der Waals surface area contributed by atoms with Gasteiger partial charge in [-0.05, 0) is 52.0 Å². The fourth-order valence-electron chi connectivity index (χ4n) is 1.65. The molecule has 0 fully saturated rings. The van der Waals surface area contributed by atoms with Crippen LogP contribution >= 0.6 is 12.2 Å². The van der Waals surface area contributed by atoms with Crippen LogP contribution in [0.4, 0.5) is 10.5 Å². The monoisotopic (exact) mass is 337 g/mol. The number of thiocarbonyl (C=S) groups is 1. The van der Waals surface area contributed by atoms with Crippen LogP contribution in [0, 0.1) is 0 Å². The number of ketones is 1. The number of ether oxygens (including phenoxy) is 1. The van der Waals surface area contributed by atoms with Crippen molar-refractivity contribution in [3.63, 3.8) is 0 Å². The standard InChI is InChI=1S/C16H23N3O3S/c1-11(20)12-6-5-7-13(10-12)19-14(23)17-8-9-18-15(21)22-16(2,3)4/h5-7,10H,8-9H2,1-4H3,(H,18,21)(H2,17,19,23). The van der Waals surface area contributed by atoms with Gasteiger partial charge in [-0.25, -0.2) is 4.79 Å². The second-order valence-electron chi connectivity index (χ2n) is 5.95. The molecule has 0 bridgehead atoms. The summed E-state index contributed by atoms with van der Waals surface area (Å²) in [7, 11) is 0. The number of rotatable bonds is 5. The topological polar surface area (TPSA) is 79.5 Å². The maximum atomic E-state index is 11.5. The smallest absolute Gasteiger partial charge is 0.407 e. The highest BCUT2D eigenvalue weighted by atomic mass is 32.1. The van der Waals surface area contributed by atoms with Crippen molar-refractivity contribution in [1.29, 1.82) is 0 Å². The Kier molecular flexibility index (Phi) is 6.96. The van der Waals surface area contributed by atoms with Crippen LogP contribution in [0.5, 0.6) is 0 Å². The molecule has 7 heteroatoms. The average Bonchev–Trinajstić information content (AvgIpc) is 2.42. The first-order valence-electron chi connectivity index (χ1n) is 7.30. The van der Waals surface area contributed by atoms with Crippen LogP contribution in [-0.2, 0) is 4.74 Å². The van der Waals surface area contributed by atoms with Gasteiger partial charge in [0.05, 0.1) is 0 Å². The third-order valence-corrected chi connectivity index (χ3v) is 2.85. The third kappa shape index (κ3) is 8.15. The fraction of sp³-hybridized carbons (Fsp3) is 0.438. The molecule has 1 rings (SSSR count). The van der Waals surface area contributed by atoms with Crippen molar-refractivity contribution in [3.8, 4) is 0 Å². The molecule has 0 aromatic heterocycles. The number of hydrogen-bond donors (Lipinski definition) is 3. The number of nitrogens with one attached hydrogen (secondary N) is 3. The molecule has 1 amide bonds. The minimum absolute atomic E-state index is 0.00547. The van der Waals surface area contributed by atoms with Crippen LogP contribution in [0.2, 0.25) is 0 Å². The maximum absolute atomic E-state index is 11.5. The summed E-state index contributed by atoms with van der Waals surface area (Å²) >= 11 is 5.16. The van der Waals surface area contributed by atoms with E-state index in [-0.39, 0.29) is 5.78 Å². The zero-order chi connectivity index (χ0) is 17.5. The Morgan fingerprint density at radius 3 is 2.43 bits per heavy atom. The fourth-order valence-corrected chi connectivity index (χ4v) is 1.87. The van der Waals surface area contributed by atoms with E-state index < -0.39 is 11.7 Å². The summed E-state index contributed by atoms with van der Waals surface area (Å²) in [5.74, 6) is -0.00547. The summed E-state index contributed by atoms with van der Waals surface area (Å²) in [4.78, 5) is 22.8. The van der Waals surface area contributed by atoms with Gasteiger partial charge in [0.1, 0.15) is 5.60 Å². The van der Waals surface area contributed by atoms with Crippen LogP contribution in [-0.4, -0.2) is 35.7 Å². The van der Waals surface area contributed by atoms with Gasteiger partial charge in [0, 0.05) is 24.3 Å². The Labute approximate surface area is 142 Å². The Bertz CT molecular complexity index is 582. The molecular formula is C16H23N3O3S. The van der Waals surface area contributed by atoms with Gasteiger partial charge in [-0.1, -0.05) is 12.1 Å². The van der Waals surface area contributed by atoms with Crippen molar-refractivity contribution in [2.24, 2.45) is 0 Å². The molecular weight excluding hydrogens is 314 g/mol. The molecule has 1 aromatic rings. The number of carbonyl (C=O) groups excluding carboxylic acids is 2. The lowest BCUT2D eigenvalue weighted by molar-refractivity contribution is 0.0528. The van der Waals surface area contributed by atoms with Gasteiger partial charge in [0.15, 0.2) is 10.9 Å². The van der Waals surface area contributed by atoms with E-state index in [1.165, 1.54) is 6.92 Å². The van der Waals surface area contributed by atoms with Crippen LogP contribution in [0.3, 0.4) is 0 Å². The Hall–Kier alpha value is -2.15. The molecule has 3 N–H and O–H groups in total. The molecule has 0 saturated heterocycles. The van der Waals surface area contributed by atoms with Crippen molar-refractivity contribution < 1.29 is 14.3 Å². The SMILES string of the molecule is CC(=O)c1cccc(NC(=S)NCCNC(=O)OC(C)(C)C)c1. The predicted octanol–water partition coefficient (Wildman–Crippen LogP) is 2.70.